The number of aromatic nitrogens is 3. The Morgan fingerprint density at radius 2 is 2.11 bits per heavy atom. The first-order valence-electron chi connectivity index (χ1n) is 6.35. The molecule has 0 aliphatic rings. The minimum Gasteiger partial charge on any atom is -0.369 e. The molecule has 0 amide bonds. The molecule has 0 aromatic carbocycles. The number of nitrogen functional groups attached to an aromatic ring is 1. The van der Waals surface area contributed by atoms with Crippen LogP contribution < -0.4 is 5.73 Å². The Morgan fingerprint density at radius 1 is 1.33 bits per heavy atom. The van der Waals surface area contributed by atoms with E-state index in [9.17, 15) is 0 Å². The van der Waals surface area contributed by atoms with Gasteiger partial charge >= 0.3 is 0 Å². The van der Waals surface area contributed by atoms with Crippen LogP contribution >= 0.6 is 11.6 Å². The first-order valence-corrected chi connectivity index (χ1v) is 6.72. The van der Waals surface area contributed by atoms with Gasteiger partial charge in [-0.25, -0.2) is 4.98 Å². The topological polar surface area (TPSA) is 56.7 Å². The van der Waals surface area contributed by atoms with E-state index in [4.69, 9.17) is 17.3 Å². The number of pyridine rings is 1. The molecule has 18 heavy (non-hydrogen) atoms. The molecule has 0 radical (unpaired) electrons. The number of nitrogens with zero attached hydrogens (tertiary/aromatic N) is 3. The highest BCUT2D eigenvalue weighted by molar-refractivity contribution is 6.34. The number of anilines is 1. The zero-order chi connectivity index (χ0) is 13.1. The lowest BCUT2D eigenvalue weighted by molar-refractivity contribution is 0.514. The maximum atomic E-state index is 6.16. The average Bonchev–Trinajstić information content (AvgIpc) is 2.62. The molecule has 0 saturated carbocycles. The van der Waals surface area contributed by atoms with Crippen LogP contribution in [-0.4, -0.2) is 14.5 Å². The van der Waals surface area contributed by atoms with Crippen LogP contribution in [-0.2, 0) is 6.54 Å². The number of hydrogen-bond donors (Lipinski definition) is 1. The van der Waals surface area contributed by atoms with Crippen LogP contribution in [0.15, 0.2) is 12.4 Å². The van der Waals surface area contributed by atoms with Crippen LogP contribution in [0.5, 0.6) is 0 Å². The summed E-state index contributed by atoms with van der Waals surface area (Å²) in [7, 11) is 0. The lowest BCUT2D eigenvalue weighted by Gasteiger charge is -2.08. The van der Waals surface area contributed by atoms with Crippen LogP contribution in [0.25, 0.3) is 11.0 Å². The van der Waals surface area contributed by atoms with E-state index >= 15 is 0 Å². The third kappa shape index (κ3) is 2.75. The summed E-state index contributed by atoms with van der Waals surface area (Å²) in [5, 5.41) is 0.612. The van der Waals surface area contributed by atoms with Gasteiger partial charge in [0.1, 0.15) is 5.52 Å². The van der Waals surface area contributed by atoms with Crippen molar-refractivity contribution in [3.8, 4) is 0 Å². The molecule has 0 aliphatic heterocycles. The van der Waals surface area contributed by atoms with Crippen molar-refractivity contribution in [2.45, 2.75) is 39.7 Å². The highest BCUT2D eigenvalue weighted by atomic mass is 35.5. The van der Waals surface area contributed by atoms with Gasteiger partial charge in [0.05, 0.1) is 16.7 Å². The van der Waals surface area contributed by atoms with Crippen molar-refractivity contribution < 1.29 is 0 Å². The first-order chi connectivity index (χ1) is 8.59. The van der Waals surface area contributed by atoms with Gasteiger partial charge in [-0.15, -0.1) is 0 Å². The third-order valence-electron chi connectivity index (χ3n) is 3.05. The van der Waals surface area contributed by atoms with Crippen molar-refractivity contribution in [2.24, 2.45) is 5.92 Å². The Kier molecular flexibility index (Phi) is 4.07. The second-order valence-corrected chi connectivity index (χ2v) is 5.41. The highest BCUT2D eigenvalue weighted by Gasteiger charge is 2.11. The summed E-state index contributed by atoms with van der Waals surface area (Å²) in [6.07, 6.45) is 6.85. The lowest BCUT2D eigenvalue weighted by atomic mass is 10.1. The van der Waals surface area contributed by atoms with Crippen LogP contribution in [0.2, 0.25) is 5.02 Å². The molecule has 0 saturated heterocycles. The third-order valence-corrected chi connectivity index (χ3v) is 3.32. The van der Waals surface area contributed by atoms with E-state index in [0.29, 0.717) is 11.0 Å². The molecule has 2 aromatic rings. The Balaban J connectivity index is 2.15. The number of aryl methyl sites for hydroxylation is 1. The van der Waals surface area contributed by atoms with Gasteiger partial charge in [0.25, 0.3) is 0 Å². The van der Waals surface area contributed by atoms with Crippen molar-refractivity contribution in [1.82, 2.24) is 14.5 Å². The Morgan fingerprint density at radius 3 is 2.83 bits per heavy atom. The molecule has 2 heterocycles. The predicted octanol–water partition coefficient (Wildman–Crippen LogP) is 3.49. The second-order valence-electron chi connectivity index (χ2n) is 5.00. The molecule has 0 unspecified atom stereocenters. The quantitative estimate of drug-likeness (QED) is 0.843. The number of halogens is 1. The fourth-order valence-corrected chi connectivity index (χ4v) is 2.37. The van der Waals surface area contributed by atoms with Gasteiger partial charge < -0.3 is 10.3 Å². The molecule has 2 N–H and O–H groups in total. The highest BCUT2D eigenvalue weighted by Crippen LogP contribution is 2.25. The van der Waals surface area contributed by atoms with E-state index in [0.717, 1.165) is 29.9 Å². The number of hydrogen-bond acceptors (Lipinski definition) is 3. The summed E-state index contributed by atoms with van der Waals surface area (Å²) < 4.78 is 1.99. The molecular formula is C13H19ClN4. The number of imidazole rings is 1. The van der Waals surface area contributed by atoms with E-state index in [1.807, 2.05) is 4.57 Å². The van der Waals surface area contributed by atoms with Gasteiger partial charge in [0, 0.05) is 12.7 Å². The maximum Gasteiger partial charge on any atom is 0.201 e. The number of rotatable bonds is 5. The summed E-state index contributed by atoms with van der Waals surface area (Å²) in [5.74, 6) is 1.26. The zero-order valence-corrected chi connectivity index (χ0v) is 11.6. The summed E-state index contributed by atoms with van der Waals surface area (Å²) in [6.45, 7) is 5.34. The van der Waals surface area contributed by atoms with Gasteiger partial charge in [-0.1, -0.05) is 38.3 Å². The molecule has 0 aliphatic carbocycles. The van der Waals surface area contributed by atoms with Crippen LogP contribution in [0.3, 0.4) is 0 Å². The van der Waals surface area contributed by atoms with E-state index in [2.05, 4.69) is 23.8 Å². The maximum absolute atomic E-state index is 6.16. The average molecular weight is 267 g/mol. The summed E-state index contributed by atoms with van der Waals surface area (Å²) in [5.41, 5.74) is 7.59. The van der Waals surface area contributed by atoms with Crippen LogP contribution in [0, 0.1) is 5.92 Å². The number of unbranched alkanes of at least 4 members (excludes halogenated alkanes) is 1. The van der Waals surface area contributed by atoms with Gasteiger partial charge in [0.15, 0.2) is 0 Å². The van der Waals surface area contributed by atoms with Gasteiger partial charge in [-0.05, 0) is 12.3 Å². The SMILES string of the molecule is CC(C)CCCCn1c(N)nc2cncc(Cl)c21. The fourth-order valence-electron chi connectivity index (χ4n) is 2.11. The second kappa shape index (κ2) is 5.57. The largest absolute Gasteiger partial charge is 0.369 e. The van der Waals surface area contributed by atoms with Gasteiger partial charge in [0.2, 0.25) is 5.95 Å². The minimum atomic E-state index is 0.518. The standard InChI is InChI=1S/C13H19ClN4/c1-9(2)5-3-4-6-18-12-10(14)7-16-8-11(12)17-13(18)15/h7-9H,3-6H2,1-2H3,(H2,15,17). The molecular weight excluding hydrogens is 248 g/mol. The molecule has 0 fully saturated rings. The Labute approximate surface area is 112 Å². The molecule has 2 rings (SSSR count). The fraction of sp³-hybridized carbons (Fsp3) is 0.538. The van der Waals surface area contributed by atoms with Gasteiger partial charge in [-0.3, -0.25) is 4.98 Å². The molecule has 4 nitrogen and oxygen atoms in total. The summed E-state index contributed by atoms with van der Waals surface area (Å²) in [6, 6.07) is 0. The summed E-state index contributed by atoms with van der Waals surface area (Å²) in [4.78, 5) is 8.30. The molecule has 0 bridgehead atoms. The monoisotopic (exact) mass is 266 g/mol. The van der Waals surface area contributed by atoms with E-state index in [1.165, 1.54) is 12.8 Å². The van der Waals surface area contributed by atoms with E-state index in [1.54, 1.807) is 12.4 Å². The van der Waals surface area contributed by atoms with Crippen molar-refractivity contribution >= 4 is 28.6 Å². The van der Waals surface area contributed by atoms with Crippen molar-refractivity contribution in [3.63, 3.8) is 0 Å². The van der Waals surface area contributed by atoms with Gasteiger partial charge in [-0.2, -0.15) is 0 Å². The molecule has 5 heteroatoms. The predicted molar refractivity (Wildman–Crippen MR) is 75.6 cm³/mol. The summed E-state index contributed by atoms with van der Waals surface area (Å²) >= 11 is 6.16. The number of nitrogens with two attached hydrogens (primary N) is 1. The van der Waals surface area contributed by atoms with E-state index < -0.39 is 0 Å². The first kappa shape index (κ1) is 13.1. The van der Waals surface area contributed by atoms with Crippen molar-refractivity contribution in [2.75, 3.05) is 5.73 Å². The zero-order valence-electron chi connectivity index (χ0n) is 10.9. The Bertz CT molecular complexity index is 533. The van der Waals surface area contributed by atoms with Crippen LogP contribution in [0.4, 0.5) is 5.95 Å². The molecule has 2 aromatic heterocycles. The molecule has 0 atom stereocenters. The minimum absolute atomic E-state index is 0.518. The number of fused-ring (bicyclic) bond motifs is 1. The molecule has 0 spiro atoms. The van der Waals surface area contributed by atoms with Crippen molar-refractivity contribution in [1.29, 1.82) is 0 Å². The van der Waals surface area contributed by atoms with Crippen LogP contribution in [0.1, 0.15) is 33.1 Å². The lowest BCUT2D eigenvalue weighted by Crippen LogP contribution is -2.04. The van der Waals surface area contributed by atoms with Crippen molar-refractivity contribution in [3.05, 3.63) is 17.4 Å². The normalized spacial score (nSPS) is 11.6. The van der Waals surface area contributed by atoms with E-state index in [-0.39, 0.29) is 0 Å². The smallest absolute Gasteiger partial charge is 0.201 e. The Hall–Kier alpha value is -1.29. The molecule has 98 valence electrons.